The average molecular weight is 301 g/mol. The molecule has 0 atom stereocenters. The van der Waals surface area contributed by atoms with Crippen LogP contribution < -0.4 is 5.46 Å². The van der Waals surface area contributed by atoms with Gasteiger partial charge in [0.25, 0.3) is 0 Å². The van der Waals surface area contributed by atoms with Crippen LogP contribution in [0, 0.1) is 0 Å². The Hall–Kier alpha value is -0.235. The topological polar surface area (TPSA) is 0 Å². The third-order valence-electron chi connectivity index (χ3n) is 7.66. The van der Waals surface area contributed by atoms with Gasteiger partial charge in [-0.2, -0.15) is 34.3 Å². The lowest BCUT2D eigenvalue weighted by molar-refractivity contribution is 0.688. The molecule has 3 saturated carbocycles. The molecule has 0 spiro atoms. The molecule has 21 heavy (non-hydrogen) atoms. The van der Waals surface area contributed by atoms with Gasteiger partial charge in [-0.3, -0.25) is 0 Å². The summed E-state index contributed by atoms with van der Waals surface area (Å²) in [6, 6.07) is 2.54. The lowest BCUT2D eigenvalue weighted by Crippen LogP contribution is -2.57. The molecule has 3 aliphatic carbocycles. The summed E-state index contributed by atoms with van der Waals surface area (Å²) in [5, 5.41) is 4.93. The van der Waals surface area contributed by atoms with Gasteiger partial charge < -0.3 is 0 Å². The normalized spacial score (nSPS) is 26.1. The zero-order valence-electron chi connectivity index (χ0n) is 13.4. The van der Waals surface area contributed by atoms with E-state index in [0.29, 0.717) is 0 Å². The minimum absolute atomic E-state index is 0.274. The molecule has 4 rings (SSSR count). The molecule has 3 fully saturated rings. The Morgan fingerprint density at radius 1 is 0.714 bits per heavy atom. The predicted octanol–water partition coefficient (Wildman–Crippen LogP) is 6.24. The van der Waals surface area contributed by atoms with Crippen molar-refractivity contribution in [2.24, 2.45) is 0 Å². The maximum atomic E-state index is 2.56. The molecule has 0 aliphatic heterocycles. The molecule has 0 N–H and O–H groups in total. The third kappa shape index (κ3) is 2.33. The van der Waals surface area contributed by atoms with Gasteiger partial charge in [-0.15, -0.1) is 0 Å². The summed E-state index contributed by atoms with van der Waals surface area (Å²) in [4.78, 5) is 0. The van der Waals surface area contributed by atoms with Crippen LogP contribution in [0.5, 0.6) is 0 Å². The van der Waals surface area contributed by atoms with Crippen LogP contribution in [-0.2, 0) is 0 Å². The fourth-order valence-corrected chi connectivity index (χ4v) is 7.84. The Labute approximate surface area is 134 Å². The second-order valence-electron chi connectivity index (χ2n) is 8.27. The highest BCUT2D eigenvalue weighted by atomic mass is 32.1. The molecule has 0 bridgehead atoms. The predicted molar refractivity (Wildman–Crippen MR) is 96.4 cm³/mol. The van der Waals surface area contributed by atoms with Crippen molar-refractivity contribution in [1.29, 1.82) is 0 Å². The molecule has 0 unspecified atom stereocenters. The smallest absolute Gasteiger partial charge is 0.0382 e. The number of hydrogen-bond donors (Lipinski definition) is 0. The van der Waals surface area contributed by atoms with Crippen molar-refractivity contribution >= 4 is 22.9 Å². The van der Waals surface area contributed by atoms with E-state index in [0.717, 1.165) is 17.5 Å². The van der Waals surface area contributed by atoms with Gasteiger partial charge in [-0.25, -0.2) is 0 Å². The first-order valence-corrected chi connectivity index (χ1v) is 10.6. The zero-order chi connectivity index (χ0) is 14.1. The molecule has 1 heterocycles. The quantitative estimate of drug-likeness (QED) is 0.578. The van der Waals surface area contributed by atoms with Crippen molar-refractivity contribution in [3.8, 4) is 0 Å². The molecule has 2 heteroatoms. The van der Waals surface area contributed by atoms with Gasteiger partial charge in [0.1, 0.15) is 0 Å². The third-order valence-corrected chi connectivity index (χ3v) is 8.36. The molecular formula is C19H30BS-. The van der Waals surface area contributed by atoms with E-state index in [1.54, 1.807) is 38.5 Å². The standard InChI is InChI=1S/C19H30BS/c1-2-8-16(7-1)20(17-9-3-4-10-17,18-11-5-6-12-18)19-13-14-21-15-19/h13-18H,1-12H2/q-1. The summed E-state index contributed by atoms with van der Waals surface area (Å²) in [6.45, 7) is 0. The van der Waals surface area contributed by atoms with Gasteiger partial charge in [0.05, 0.1) is 0 Å². The summed E-state index contributed by atoms with van der Waals surface area (Å²) >= 11 is 1.96. The van der Waals surface area contributed by atoms with Gasteiger partial charge in [-0.05, 0) is 10.8 Å². The zero-order valence-corrected chi connectivity index (χ0v) is 14.3. The molecule has 0 saturated heterocycles. The average Bonchev–Trinajstić information content (AvgIpc) is 3.32. The lowest BCUT2D eigenvalue weighted by atomic mass is 9.06. The molecule has 3 aliphatic rings. The van der Waals surface area contributed by atoms with Gasteiger partial charge >= 0.3 is 0 Å². The van der Waals surface area contributed by atoms with Gasteiger partial charge in [0.2, 0.25) is 0 Å². The van der Waals surface area contributed by atoms with Crippen LogP contribution in [0.15, 0.2) is 16.8 Å². The lowest BCUT2D eigenvalue weighted by Gasteiger charge is -2.55. The van der Waals surface area contributed by atoms with Crippen LogP contribution in [-0.4, -0.2) is 6.15 Å². The summed E-state index contributed by atoms with van der Waals surface area (Å²) in [7, 11) is 0. The SMILES string of the molecule is c1cc([B-](C2CCCC2)(C2CCCC2)C2CCCC2)cs1. The van der Waals surface area contributed by atoms with E-state index in [2.05, 4.69) is 16.8 Å². The maximum Gasteiger partial charge on any atom is 0.0382 e. The molecule has 116 valence electrons. The fraction of sp³-hybridized carbons (Fsp3) is 0.789. The second-order valence-corrected chi connectivity index (χ2v) is 9.05. The summed E-state index contributed by atoms with van der Waals surface area (Å²) in [6.07, 6.45) is 18.1. The summed E-state index contributed by atoms with van der Waals surface area (Å²) in [5.74, 6) is 3.18. The highest BCUT2D eigenvalue weighted by Crippen LogP contribution is 2.58. The highest BCUT2D eigenvalue weighted by molar-refractivity contribution is 7.11. The van der Waals surface area contributed by atoms with Gasteiger partial charge in [0, 0.05) is 6.15 Å². The van der Waals surface area contributed by atoms with Gasteiger partial charge in [0.15, 0.2) is 0 Å². The van der Waals surface area contributed by atoms with Crippen LogP contribution in [0.3, 0.4) is 0 Å². The van der Waals surface area contributed by atoms with E-state index in [4.69, 9.17) is 0 Å². The Bertz CT molecular complexity index is 393. The van der Waals surface area contributed by atoms with Crippen LogP contribution in [0.4, 0.5) is 0 Å². The largest absolute Gasteiger partial charge is 0.198 e. The van der Waals surface area contributed by atoms with Crippen LogP contribution in [0.1, 0.15) is 77.0 Å². The maximum absolute atomic E-state index is 2.56. The molecule has 0 amide bonds. The van der Waals surface area contributed by atoms with E-state index in [1.165, 1.54) is 38.5 Å². The van der Waals surface area contributed by atoms with E-state index in [1.807, 2.05) is 16.8 Å². The number of rotatable bonds is 4. The second kappa shape index (κ2) is 6.10. The van der Waals surface area contributed by atoms with Crippen molar-refractivity contribution in [2.75, 3.05) is 0 Å². The van der Waals surface area contributed by atoms with Crippen LogP contribution in [0.25, 0.3) is 0 Å². The molecule has 1 aromatic rings. The monoisotopic (exact) mass is 301 g/mol. The van der Waals surface area contributed by atoms with Crippen molar-refractivity contribution in [3.63, 3.8) is 0 Å². The van der Waals surface area contributed by atoms with E-state index >= 15 is 0 Å². The molecule has 0 radical (unpaired) electrons. The van der Waals surface area contributed by atoms with E-state index < -0.39 is 0 Å². The van der Waals surface area contributed by atoms with Crippen molar-refractivity contribution in [3.05, 3.63) is 16.8 Å². The minimum Gasteiger partial charge on any atom is -0.198 e. The first-order valence-electron chi connectivity index (χ1n) is 9.62. The van der Waals surface area contributed by atoms with Crippen molar-refractivity contribution < 1.29 is 0 Å². The highest BCUT2D eigenvalue weighted by Gasteiger charge is 2.47. The molecule has 0 nitrogen and oxygen atoms in total. The van der Waals surface area contributed by atoms with Crippen LogP contribution in [0.2, 0.25) is 17.5 Å². The first kappa shape index (κ1) is 14.4. The number of thiophene rings is 1. The Morgan fingerprint density at radius 3 is 1.48 bits per heavy atom. The van der Waals surface area contributed by atoms with Crippen molar-refractivity contribution in [1.82, 2.24) is 0 Å². The molecule has 1 aromatic heterocycles. The minimum atomic E-state index is -0.274. The number of hydrogen-bond acceptors (Lipinski definition) is 1. The van der Waals surface area contributed by atoms with Crippen molar-refractivity contribution in [2.45, 2.75) is 94.5 Å². The Balaban J connectivity index is 1.80. The Morgan fingerprint density at radius 2 is 1.14 bits per heavy atom. The first-order chi connectivity index (χ1) is 10.4. The van der Waals surface area contributed by atoms with E-state index in [9.17, 15) is 0 Å². The summed E-state index contributed by atoms with van der Waals surface area (Å²) in [5.41, 5.74) is 1.82. The summed E-state index contributed by atoms with van der Waals surface area (Å²) < 4.78 is 0. The van der Waals surface area contributed by atoms with E-state index in [-0.39, 0.29) is 6.15 Å². The Kier molecular flexibility index (Phi) is 4.18. The molecular weight excluding hydrogens is 271 g/mol. The van der Waals surface area contributed by atoms with Crippen LogP contribution >= 0.6 is 11.3 Å². The van der Waals surface area contributed by atoms with Gasteiger partial charge in [-0.1, -0.05) is 83.1 Å². The molecule has 0 aromatic carbocycles. The fourth-order valence-electron chi connectivity index (χ4n) is 7.06.